The summed E-state index contributed by atoms with van der Waals surface area (Å²) in [7, 11) is 3.51. The van der Waals surface area contributed by atoms with Crippen molar-refractivity contribution in [1.29, 1.82) is 0 Å². The molecule has 6 heteroatoms. The number of rotatable bonds is 5. The maximum absolute atomic E-state index is 13.4. The fourth-order valence-electron chi connectivity index (χ4n) is 3.51. The van der Waals surface area contributed by atoms with Gasteiger partial charge in [-0.25, -0.2) is 4.39 Å². The maximum Gasteiger partial charge on any atom is 0.300 e. The molecule has 0 aliphatic carbocycles. The Labute approximate surface area is 161 Å². The number of fused-ring (bicyclic) bond motifs is 2. The van der Waals surface area contributed by atoms with Crippen LogP contribution in [0.1, 0.15) is 15.9 Å². The molecule has 0 saturated carbocycles. The predicted octanol–water partition coefficient (Wildman–Crippen LogP) is 3.61. The predicted molar refractivity (Wildman–Crippen MR) is 105 cm³/mol. The van der Waals surface area contributed by atoms with Crippen molar-refractivity contribution in [2.75, 3.05) is 25.7 Å². The van der Waals surface area contributed by atoms with Gasteiger partial charge >= 0.3 is 5.91 Å². The zero-order valence-corrected chi connectivity index (χ0v) is 15.6. The van der Waals surface area contributed by atoms with Crippen molar-refractivity contribution in [3.63, 3.8) is 0 Å². The Balaban J connectivity index is 1.52. The second-order valence-corrected chi connectivity index (χ2v) is 6.93. The van der Waals surface area contributed by atoms with Gasteiger partial charge in [-0.15, -0.1) is 0 Å². The van der Waals surface area contributed by atoms with E-state index in [0.29, 0.717) is 12.2 Å². The normalized spacial score (nSPS) is 13.5. The first-order valence-electron chi connectivity index (χ1n) is 8.87. The van der Waals surface area contributed by atoms with Crippen LogP contribution in [0.25, 0.3) is 10.8 Å². The van der Waals surface area contributed by atoms with Crippen molar-refractivity contribution in [1.82, 2.24) is 4.90 Å². The van der Waals surface area contributed by atoms with Crippen LogP contribution in [0.2, 0.25) is 0 Å². The Morgan fingerprint density at radius 1 is 1.00 bits per heavy atom. The first-order chi connectivity index (χ1) is 13.5. The summed E-state index contributed by atoms with van der Waals surface area (Å²) in [5.41, 5.74) is 1.66. The van der Waals surface area contributed by atoms with Gasteiger partial charge in [-0.1, -0.05) is 18.2 Å². The standard InChI is InChI=1S/C22H19FN2O3/c1-24(12-14-3-4-16-10-18(28-2)7-5-15(16)9-14)13-25-20-8-6-17(23)11-19(20)21(26)22(25)27/h3-11H,12-13H2,1-2H3. The number of hydrogen-bond acceptors (Lipinski definition) is 4. The number of hydrogen-bond donors (Lipinski definition) is 0. The van der Waals surface area contributed by atoms with E-state index >= 15 is 0 Å². The number of ketones is 1. The summed E-state index contributed by atoms with van der Waals surface area (Å²) in [6, 6.07) is 15.9. The Kier molecular flexibility index (Phi) is 4.57. The largest absolute Gasteiger partial charge is 0.497 e. The zero-order chi connectivity index (χ0) is 19.8. The highest BCUT2D eigenvalue weighted by Crippen LogP contribution is 2.30. The molecule has 0 fully saturated rings. The summed E-state index contributed by atoms with van der Waals surface area (Å²) in [6.07, 6.45) is 0. The van der Waals surface area contributed by atoms with Gasteiger partial charge in [-0.05, 0) is 59.8 Å². The summed E-state index contributed by atoms with van der Waals surface area (Å²) in [6.45, 7) is 0.834. The van der Waals surface area contributed by atoms with Crippen molar-refractivity contribution in [3.05, 3.63) is 71.5 Å². The number of nitrogens with zero attached hydrogens (tertiary/aromatic N) is 2. The summed E-state index contributed by atoms with van der Waals surface area (Å²) in [5, 5.41) is 2.18. The molecule has 3 aromatic rings. The molecule has 1 amide bonds. The fraction of sp³-hybridized carbons (Fsp3) is 0.182. The van der Waals surface area contributed by atoms with Gasteiger partial charge in [0, 0.05) is 6.54 Å². The van der Waals surface area contributed by atoms with Crippen molar-refractivity contribution < 1.29 is 18.7 Å². The molecule has 0 N–H and O–H groups in total. The quantitative estimate of drug-likeness (QED) is 0.637. The van der Waals surface area contributed by atoms with Gasteiger partial charge in [0.25, 0.3) is 5.78 Å². The van der Waals surface area contributed by atoms with E-state index in [1.807, 2.05) is 42.3 Å². The van der Waals surface area contributed by atoms with Gasteiger partial charge < -0.3 is 4.74 Å². The molecule has 0 unspecified atom stereocenters. The first-order valence-corrected chi connectivity index (χ1v) is 8.87. The average molecular weight is 378 g/mol. The average Bonchev–Trinajstić information content (AvgIpc) is 2.92. The Bertz CT molecular complexity index is 1100. The van der Waals surface area contributed by atoms with E-state index in [9.17, 15) is 14.0 Å². The van der Waals surface area contributed by atoms with E-state index in [1.165, 1.54) is 17.0 Å². The van der Waals surface area contributed by atoms with Crippen molar-refractivity contribution >= 4 is 28.2 Å². The third-order valence-corrected chi connectivity index (χ3v) is 4.88. The highest BCUT2D eigenvalue weighted by atomic mass is 19.1. The number of methoxy groups -OCH3 is 1. The van der Waals surface area contributed by atoms with E-state index < -0.39 is 17.5 Å². The molecule has 142 valence electrons. The number of benzene rings is 3. The van der Waals surface area contributed by atoms with E-state index in [-0.39, 0.29) is 12.2 Å². The molecule has 1 heterocycles. The van der Waals surface area contributed by atoms with E-state index in [4.69, 9.17) is 4.74 Å². The molecule has 3 aromatic carbocycles. The van der Waals surface area contributed by atoms with E-state index in [0.717, 1.165) is 28.2 Å². The molecule has 1 aliphatic heterocycles. The molecule has 0 atom stereocenters. The number of Topliss-reactive ketones (excluding diaryl/α,β-unsaturated/α-hetero) is 1. The molecular formula is C22H19FN2O3. The number of anilines is 1. The van der Waals surface area contributed by atoms with Crippen molar-refractivity contribution in [3.8, 4) is 5.75 Å². The third-order valence-electron chi connectivity index (χ3n) is 4.88. The number of ether oxygens (including phenoxy) is 1. The molecule has 0 radical (unpaired) electrons. The second-order valence-electron chi connectivity index (χ2n) is 6.93. The van der Waals surface area contributed by atoms with Gasteiger partial charge in [0.2, 0.25) is 0 Å². The minimum absolute atomic E-state index is 0.123. The Hall–Kier alpha value is -3.25. The number of carbonyl (C=O) groups is 2. The van der Waals surface area contributed by atoms with Crippen LogP contribution in [-0.2, 0) is 11.3 Å². The van der Waals surface area contributed by atoms with Crippen LogP contribution in [0.5, 0.6) is 5.75 Å². The minimum atomic E-state index is -0.664. The summed E-state index contributed by atoms with van der Waals surface area (Å²) in [4.78, 5) is 27.8. The lowest BCUT2D eigenvalue weighted by molar-refractivity contribution is -0.114. The molecule has 4 rings (SSSR count). The molecular weight excluding hydrogens is 359 g/mol. The van der Waals surface area contributed by atoms with E-state index in [2.05, 4.69) is 6.07 Å². The molecule has 0 spiro atoms. The monoisotopic (exact) mass is 378 g/mol. The highest BCUT2D eigenvalue weighted by molar-refractivity contribution is 6.52. The highest BCUT2D eigenvalue weighted by Gasteiger charge is 2.36. The second kappa shape index (κ2) is 7.05. The maximum atomic E-state index is 13.4. The summed E-state index contributed by atoms with van der Waals surface area (Å²) in [5.74, 6) is -1.01. The molecule has 0 aromatic heterocycles. The lowest BCUT2D eigenvalue weighted by Crippen LogP contribution is -2.38. The van der Waals surface area contributed by atoms with Crippen LogP contribution < -0.4 is 9.64 Å². The smallest absolute Gasteiger partial charge is 0.300 e. The van der Waals surface area contributed by atoms with Crippen molar-refractivity contribution in [2.24, 2.45) is 0 Å². The summed E-state index contributed by atoms with van der Waals surface area (Å²) < 4.78 is 18.7. The van der Waals surface area contributed by atoms with Crippen LogP contribution in [0.15, 0.2) is 54.6 Å². The van der Waals surface area contributed by atoms with Gasteiger partial charge in [0.05, 0.1) is 25.0 Å². The van der Waals surface area contributed by atoms with Crippen LogP contribution in [0.3, 0.4) is 0 Å². The number of amides is 1. The van der Waals surface area contributed by atoms with Crippen LogP contribution in [0.4, 0.5) is 10.1 Å². The van der Waals surface area contributed by atoms with E-state index in [1.54, 1.807) is 7.11 Å². The summed E-state index contributed by atoms with van der Waals surface area (Å²) >= 11 is 0. The van der Waals surface area contributed by atoms with Crippen LogP contribution in [-0.4, -0.2) is 37.4 Å². The zero-order valence-electron chi connectivity index (χ0n) is 15.6. The molecule has 0 saturated heterocycles. The lowest BCUT2D eigenvalue weighted by Gasteiger charge is -2.24. The third kappa shape index (κ3) is 3.23. The number of carbonyl (C=O) groups excluding carboxylic acids is 2. The molecule has 1 aliphatic rings. The van der Waals surface area contributed by atoms with Crippen LogP contribution in [0, 0.1) is 5.82 Å². The molecule has 0 bridgehead atoms. The molecule has 5 nitrogen and oxygen atoms in total. The van der Waals surface area contributed by atoms with Gasteiger partial charge in [-0.2, -0.15) is 0 Å². The fourth-order valence-corrected chi connectivity index (χ4v) is 3.51. The lowest BCUT2D eigenvalue weighted by atomic mass is 10.1. The van der Waals surface area contributed by atoms with Crippen molar-refractivity contribution in [2.45, 2.75) is 6.54 Å². The topological polar surface area (TPSA) is 49.9 Å². The Morgan fingerprint density at radius 3 is 2.54 bits per heavy atom. The van der Waals surface area contributed by atoms with Gasteiger partial charge in [-0.3, -0.25) is 19.4 Å². The molecule has 28 heavy (non-hydrogen) atoms. The van der Waals surface area contributed by atoms with Gasteiger partial charge in [0.1, 0.15) is 11.6 Å². The van der Waals surface area contributed by atoms with Crippen LogP contribution >= 0.6 is 0 Å². The number of halogens is 1. The Morgan fingerprint density at radius 2 is 1.75 bits per heavy atom. The SMILES string of the molecule is COc1ccc2cc(CN(C)CN3C(=O)C(=O)c4cc(F)ccc43)ccc2c1. The minimum Gasteiger partial charge on any atom is -0.497 e. The first kappa shape index (κ1) is 18.1. The van der Waals surface area contributed by atoms with Gasteiger partial charge in [0.15, 0.2) is 0 Å².